The van der Waals surface area contributed by atoms with Crippen molar-refractivity contribution in [2.24, 2.45) is 11.7 Å². The molecule has 0 fully saturated rings. The van der Waals surface area contributed by atoms with Gasteiger partial charge in [0.1, 0.15) is 0 Å². The maximum absolute atomic E-state index is 10.7. The van der Waals surface area contributed by atoms with E-state index in [0.717, 1.165) is 5.56 Å². The average Bonchev–Trinajstić information content (AvgIpc) is 2.16. The molecule has 1 aromatic carbocycles. The van der Waals surface area contributed by atoms with Gasteiger partial charge in [0.05, 0.1) is 5.92 Å². The summed E-state index contributed by atoms with van der Waals surface area (Å²) >= 11 is 0. The minimum atomic E-state index is -0.894. The Morgan fingerprint density at radius 2 is 1.86 bits per heavy atom. The molecular formula is C10H14N2O2. The Kier molecular flexibility index (Phi) is 3.09. The standard InChI is InChI=1S/C10H14N2O2/c1-6(10(13)14)9(12)7-2-4-8(11)5-3-7/h2-6,9H,11-12H2,1H3,(H,13,14). The number of carboxylic acids is 1. The second kappa shape index (κ2) is 4.11. The van der Waals surface area contributed by atoms with E-state index >= 15 is 0 Å². The molecule has 4 nitrogen and oxygen atoms in total. The number of carboxylic acid groups (broad SMARTS) is 1. The quantitative estimate of drug-likeness (QED) is 0.626. The maximum atomic E-state index is 10.7. The van der Waals surface area contributed by atoms with Gasteiger partial charge in [-0.3, -0.25) is 4.79 Å². The Labute approximate surface area is 82.5 Å². The van der Waals surface area contributed by atoms with Crippen LogP contribution in [0.1, 0.15) is 18.5 Å². The van der Waals surface area contributed by atoms with E-state index in [2.05, 4.69) is 0 Å². The van der Waals surface area contributed by atoms with Crippen LogP contribution >= 0.6 is 0 Å². The monoisotopic (exact) mass is 194 g/mol. The number of benzene rings is 1. The second-order valence-electron chi connectivity index (χ2n) is 3.32. The van der Waals surface area contributed by atoms with Crippen LogP contribution in [0, 0.1) is 5.92 Å². The predicted molar refractivity (Wildman–Crippen MR) is 54.6 cm³/mol. The lowest BCUT2D eigenvalue weighted by Gasteiger charge is -2.16. The van der Waals surface area contributed by atoms with E-state index in [1.807, 2.05) is 0 Å². The summed E-state index contributed by atoms with van der Waals surface area (Å²) in [5, 5.41) is 8.76. The number of nitrogens with two attached hydrogens (primary N) is 2. The van der Waals surface area contributed by atoms with Gasteiger partial charge >= 0.3 is 5.97 Å². The van der Waals surface area contributed by atoms with Crippen LogP contribution in [-0.2, 0) is 4.79 Å². The van der Waals surface area contributed by atoms with Crippen molar-refractivity contribution in [3.05, 3.63) is 29.8 Å². The topological polar surface area (TPSA) is 89.3 Å². The molecule has 0 saturated heterocycles. The fourth-order valence-electron chi connectivity index (χ4n) is 1.16. The van der Waals surface area contributed by atoms with Crippen LogP contribution < -0.4 is 11.5 Å². The first-order chi connectivity index (χ1) is 6.52. The lowest BCUT2D eigenvalue weighted by atomic mass is 9.95. The van der Waals surface area contributed by atoms with Crippen molar-refractivity contribution < 1.29 is 9.90 Å². The van der Waals surface area contributed by atoms with Crippen LogP contribution in [0.2, 0.25) is 0 Å². The largest absolute Gasteiger partial charge is 0.481 e. The Bertz CT molecular complexity index is 321. The molecule has 1 rings (SSSR count). The summed E-state index contributed by atoms with van der Waals surface area (Å²) in [6.45, 7) is 1.59. The van der Waals surface area contributed by atoms with Gasteiger partial charge in [-0.05, 0) is 17.7 Å². The van der Waals surface area contributed by atoms with E-state index in [-0.39, 0.29) is 0 Å². The third-order valence-electron chi connectivity index (χ3n) is 2.25. The van der Waals surface area contributed by atoms with Crippen LogP contribution in [0.3, 0.4) is 0 Å². The van der Waals surface area contributed by atoms with E-state index in [1.54, 1.807) is 31.2 Å². The van der Waals surface area contributed by atoms with E-state index in [0.29, 0.717) is 5.69 Å². The number of hydrogen-bond donors (Lipinski definition) is 3. The van der Waals surface area contributed by atoms with Crippen molar-refractivity contribution in [2.45, 2.75) is 13.0 Å². The molecule has 0 aliphatic rings. The van der Waals surface area contributed by atoms with Gasteiger partial charge in [-0.25, -0.2) is 0 Å². The van der Waals surface area contributed by atoms with Crippen molar-refractivity contribution in [1.29, 1.82) is 0 Å². The highest BCUT2D eigenvalue weighted by Crippen LogP contribution is 2.20. The molecule has 4 heteroatoms. The van der Waals surface area contributed by atoms with Gasteiger partial charge in [0.25, 0.3) is 0 Å². The SMILES string of the molecule is CC(C(=O)O)C(N)c1ccc(N)cc1. The molecular weight excluding hydrogens is 180 g/mol. The summed E-state index contributed by atoms with van der Waals surface area (Å²) in [7, 11) is 0. The van der Waals surface area contributed by atoms with E-state index < -0.39 is 17.9 Å². The number of nitrogen functional groups attached to an aromatic ring is 1. The van der Waals surface area contributed by atoms with Crippen molar-refractivity contribution in [2.75, 3.05) is 5.73 Å². The molecule has 14 heavy (non-hydrogen) atoms. The van der Waals surface area contributed by atoms with Gasteiger partial charge in [-0.1, -0.05) is 19.1 Å². The Morgan fingerprint density at radius 1 is 1.36 bits per heavy atom. The normalized spacial score (nSPS) is 14.7. The fraction of sp³-hybridized carbons (Fsp3) is 0.300. The van der Waals surface area contributed by atoms with Gasteiger partial charge < -0.3 is 16.6 Å². The second-order valence-corrected chi connectivity index (χ2v) is 3.32. The number of anilines is 1. The smallest absolute Gasteiger partial charge is 0.308 e. The van der Waals surface area contributed by atoms with Gasteiger partial charge in [0.15, 0.2) is 0 Å². The van der Waals surface area contributed by atoms with Crippen LogP contribution in [-0.4, -0.2) is 11.1 Å². The Balaban J connectivity index is 2.84. The lowest BCUT2D eigenvalue weighted by Crippen LogP contribution is -2.25. The highest BCUT2D eigenvalue weighted by molar-refractivity contribution is 5.70. The average molecular weight is 194 g/mol. The van der Waals surface area contributed by atoms with Crippen molar-refractivity contribution in [3.63, 3.8) is 0 Å². The summed E-state index contributed by atoms with van der Waals surface area (Å²) in [4.78, 5) is 10.7. The highest BCUT2D eigenvalue weighted by atomic mass is 16.4. The minimum Gasteiger partial charge on any atom is -0.481 e. The molecule has 1 aromatic rings. The van der Waals surface area contributed by atoms with Gasteiger partial charge in [-0.15, -0.1) is 0 Å². The molecule has 0 spiro atoms. The van der Waals surface area contributed by atoms with Gasteiger partial charge in [-0.2, -0.15) is 0 Å². The zero-order valence-electron chi connectivity index (χ0n) is 7.97. The molecule has 0 bridgehead atoms. The van der Waals surface area contributed by atoms with Crippen LogP contribution in [0.25, 0.3) is 0 Å². The third-order valence-corrected chi connectivity index (χ3v) is 2.25. The Hall–Kier alpha value is -1.55. The summed E-state index contributed by atoms with van der Waals surface area (Å²) in [5.41, 5.74) is 12.7. The molecule has 0 radical (unpaired) electrons. The summed E-state index contributed by atoms with van der Waals surface area (Å²) < 4.78 is 0. The summed E-state index contributed by atoms with van der Waals surface area (Å²) in [6, 6.07) is 6.43. The molecule has 0 aliphatic heterocycles. The molecule has 2 unspecified atom stereocenters. The summed E-state index contributed by atoms with van der Waals surface area (Å²) in [6.07, 6.45) is 0. The van der Waals surface area contributed by atoms with Crippen LogP contribution in [0.15, 0.2) is 24.3 Å². The van der Waals surface area contributed by atoms with Crippen molar-refractivity contribution in [3.8, 4) is 0 Å². The molecule has 0 aliphatic carbocycles. The van der Waals surface area contributed by atoms with Gasteiger partial charge in [0.2, 0.25) is 0 Å². The maximum Gasteiger partial charge on any atom is 0.308 e. The molecule has 0 aromatic heterocycles. The third kappa shape index (κ3) is 2.23. The molecule has 2 atom stereocenters. The van der Waals surface area contributed by atoms with E-state index in [9.17, 15) is 4.79 Å². The van der Waals surface area contributed by atoms with E-state index in [1.165, 1.54) is 0 Å². The number of aliphatic carboxylic acids is 1. The predicted octanol–water partition coefficient (Wildman–Crippen LogP) is 0.989. The number of rotatable bonds is 3. The lowest BCUT2D eigenvalue weighted by molar-refractivity contribution is -0.141. The highest BCUT2D eigenvalue weighted by Gasteiger charge is 2.20. The van der Waals surface area contributed by atoms with Gasteiger partial charge in [0, 0.05) is 11.7 Å². The molecule has 76 valence electrons. The zero-order valence-corrected chi connectivity index (χ0v) is 7.97. The zero-order chi connectivity index (χ0) is 10.7. The first-order valence-electron chi connectivity index (χ1n) is 4.36. The fourth-order valence-corrected chi connectivity index (χ4v) is 1.16. The number of carbonyl (C=O) groups is 1. The summed E-state index contributed by atoms with van der Waals surface area (Å²) in [5.74, 6) is -1.49. The van der Waals surface area contributed by atoms with Crippen LogP contribution in [0.4, 0.5) is 5.69 Å². The first kappa shape index (κ1) is 10.5. The first-order valence-corrected chi connectivity index (χ1v) is 4.36. The van der Waals surface area contributed by atoms with Crippen molar-refractivity contribution in [1.82, 2.24) is 0 Å². The molecule has 0 heterocycles. The van der Waals surface area contributed by atoms with Crippen molar-refractivity contribution >= 4 is 11.7 Å². The van der Waals surface area contributed by atoms with Crippen LogP contribution in [0.5, 0.6) is 0 Å². The molecule has 0 saturated carbocycles. The molecule has 0 amide bonds. The minimum absolute atomic E-state index is 0.493. The number of hydrogen-bond acceptors (Lipinski definition) is 3. The van der Waals surface area contributed by atoms with E-state index in [4.69, 9.17) is 16.6 Å². The Morgan fingerprint density at radius 3 is 2.29 bits per heavy atom. The molecule has 5 N–H and O–H groups in total.